The molecule has 5 aromatic carbocycles. The fourth-order valence-electron chi connectivity index (χ4n) is 7.08. The van der Waals surface area contributed by atoms with Crippen LogP contribution in [0.1, 0.15) is 42.5 Å². The summed E-state index contributed by atoms with van der Waals surface area (Å²) in [6.45, 7) is 8.65. The van der Waals surface area contributed by atoms with Gasteiger partial charge in [-0.3, -0.25) is 9.36 Å². The van der Waals surface area contributed by atoms with Gasteiger partial charge in [0.1, 0.15) is 20.6 Å². The monoisotopic (exact) mass is 772 g/mol. The van der Waals surface area contributed by atoms with E-state index >= 15 is 0 Å². The van der Waals surface area contributed by atoms with E-state index in [1.165, 1.54) is 37.8 Å². The Balaban J connectivity index is 1.28. The molecule has 7 heteroatoms. The summed E-state index contributed by atoms with van der Waals surface area (Å²) in [4.78, 5) is 19.3. The molecule has 8 rings (SSSR count). The predicted octanol–water partition coefficient (Wildman–Crippen LogP) is 10.3. The third-order valence-electron chi connectivity index (χ3n) is 9.77. The summed E-state index contributed by atoms with van der Waals surface area (Å²) in [7, 11) is 0. The summed E-state index contributed by atoms with van der Waals surface area (Å²) in [5.74, 6) is 0. The second-order valence-corrected chi connectivity index (χ2v) is 16.3. The van der Waals surface area contributed by atoms with Crippen LogP contribution < -0.4 is 24.2 Å². The first kappa shape index (κ1) is 36.5. The molecular weight excluding hydrogens is 731 g/mol. The molecule has 0 amide bonds. The molecule has 0 bridgehead atoms. The van der Waals surface area contributed by atoms with Gasteiger partial charge in [-0.2, -0.15) is 4.57 Å². The maximum atomic E-state index is 14.5. The van der Waals surface area contributed by atoms with E-state index in [1.807, 2.05) is 16.7 Å². The zero-order valence-corrected chi connectivity index (χ0v) is 33.6. The Morgan fingerprint density at radius 1 is 0.691 bits per heavy atom. The highest BCUT2D eigenvalue weighted by Gasteiger charge is 2.28. The Morgan fingerprint density at radius 2 is 1.33 bits per heavy atom. The number of hydrogen-bond donors (Lipinski definition) is 0. The van der Waals surface area contributed by atoms with Crippen molar-refractivity contribution in [3.8, 4) is 21.7 Å². The molecule has 1 aliphatic heterocycles. The Morgan fingerprint density at radius 3 is 1.98 bits per heavy atom. The van der Waals surface area contributed by atoms with Crippen LogP contribution in [0.15, 0.2) is 160 Å². The molecule has 1 aliphatic rings. The van der Waals surface area contributed by atoms with Crippen LogP contribution >= 0.6 is 34.4 Å². The fourth-order valence-corrected chi connectivity index (χ4v) is 10.8. The Hall–Kier alpha value is -5.47. The molecule has 0 atom stereocenters. The lowest BCUT2D eigenvalue weighted by molar-refractivity contribution is -0.679. The van der Waals surface area contributed by atoms with Gasteiger partial charge in [-0.05, 0) is 73.4 Å². The fraction of sp³-hybridized carbons (Fsp3) is 0.125. The minimum Gasteiger partial charge on any atom is -0.335 e. The van der Waals surface area contributed by atoms with Gasteiger partial charge in [0.05, 0.1) is 16.8 Å². The molecule has 0 spiro atoms. The van der Waals surface area contributed by atoms with Gasteiger partial charge >= 0.3 is 0 Å². The lowest BCUT2D eigenvalue weighted by atomic mass is 10.1. The highest BCUT2D eigenvalue weighted by molar-refractivity contribution is 8.03. The third-order valence-corrected chi connectivity index (χ3v) is 13.2. The van der Waals surface area contributed by atoms with E-state index in [0.717, 1.165) is 49.0 Å². The highest BCUT2D eigenvalue weighted by Crippen LogP contribution is 2.47. The lowest BCUT2D eigenvalue weighted by Crippen LogP contribution is -2.37. The van der Waals surface area contributed by atoms with Crippen LogP contribution in [-0.4, -0.2) is 11.1 Å². The number of benzene rings is 5. The van der Waals surface area contributed by atoms with E-state index in [9.17, 15) is 4.79 Å². The molecule has 0 aliphatic carbocycles. The first-order chi connectivity index (χ1) is 27.1. The SMILES string of the molecule is CCN1/C(=C/C(c2ccccc2)=c2/s/c(=C\c3sc(-c4ccccc4)c(-c4ccccc4)[n+]3CC)n(CC)c2=O)Sc2cc(/C=C/c3ccccc3)ccc21. The van der Waals surface area contributed by atoms with Gasteiger partial charge in [-0.15, -0.1) is 11.3 Å². The first-order valence-electron chi connectivity index (χ1n) is 18.8. The summed E-state index contributed by atoms with van der Waals surface area (Å²) in [5, 5.41) is 2.23. The maximum Gasteiger partial charge on any atom is 0.269 e. The second-order valence-electron chi connectivity index (χ2n) is 13.1. The minimum absolute atomic E-state index is 0.0394. The van der Waals surface area contributed by atoms with Crippen LogP contribution in [0.4, 0.5) is 5.69 Å². The molecule has 0 fully saturated rings. The molecule has 2 aromatic heterocycles. The molecule has 0 saturated heterocycles. The normalized spacial score (nSPS) is 14.3. The van der Waals surface area contributed by atoms with Gasteiger partial charge in [-0.25, -0.2) is 0 Å². The van der Waals surface area contributed by atoms with E-state index in [4.69, 9.17) is 0 Å². The summed E-state index contributed by atoms with van der Waals surface area (Å²) in [5.41, 5.74) is 9.11. The molecule has 0 radical (unpaired) electrons. The van der Waals surface area contributed by atoms with E-state index in [2.05, 4.69) is 182 Å². The van der Waals surface area contributed by atoms with Gasteiger partial charge in [0.25, 0.3) is 10.6 Å². The number of thiazole rings is 2. The predicted molar refractivity (Wildman–Crippen MR) is 236 cm³/mol. The zero-order chi connectivity index (χ0) is 37.7. The number of aromatic nitrogens is 2. The van der Waals surface area contributed by atoms with E-state index in [1.54, 1.807) is 34.4 Å². The van der Waals surface area contributed by atoms with Crippen molar-refractivity contribution in [2.75, 3.05) is 11.4 Å². The van der Waals surface area contributed by atoms with Crippen molar-refractivity contribution in [2.24, 2.45) is 0 Å². The van der Waals surface area contributed by atoms with Crippen LogP contribution in [0.2, 0.25) is 0 Å². The average Bonchev–Trinajstić information content (AvgIpc) is 3.89. The number of fused-ring (bicyclic) bond motifs is 1. The summed E-state index contributed by atoms with van der Waals surface area (Å²) in [6, 6.07) is 48.7. The minimum atomic E-state index is 0.0394. The molecular formula is C48H42N3OS3+. The zero-order valence-electron chi connectivity index (χ0n) is 31.2. The van der Waals surface area contributed by atoms with E-state index in [-0.39, 0.29) is 5.56 Å². The van der Waals surface area contributed by atoms with Crippen LogP contribution in [0.3, 0.4) is 0 Å². The molecule has 4 nitrogen and oxygen atoms in total. The summed E-state index contributed by atoms with van der Waals surface area (Å²) >= 11 is 5.14. The van der Waals surface area contributed by atoms with Gasteiger partial charge in [-0.1, -0.05) is 151 Å². The molecule has 0 saturated carbocycles. The molecule has 3 heterocycles. The van der Waals surface area contributed by atoms with Crippen LogP contribution in [-0.2, 0) is 13.1 Å². The number of allylic oxidation sites excluding steroid dienone is 1. The van der Waals surface area contributed by atoms with E-state index < -0.39 is 0 Å². The van der Waals surface area contributed by atoms with Crippen molar-refractivity contribution in [1.82, 2.24) is 4.57 Å². The van der Waals surface area contributed by atoms with Crippen LogP contribution in [0.25, 0.3) is 45.5 Å². The number of anilines is 1. The lowest BCUT2D eigenvalue weighted by Gasteiger charge is -2.18. The summed E-state index contributed by atoms with van der Waals surface area (Å²) < 4.78 is 6.02. The Kier molecular flexibility index (Phi) is 10.9. The molecule has 55 heavy (non-hydrogen) atoms. The Labute approximate surface area is 335 Å². The second kappa shape index (κ2) is 16.5. The number of hydrogen-bond acceptors (Lipinski definition) is 5. The van der Waals surface area contributed by atoms with Gasteiger partial charge < -0.3 is 4.90 Å². The van der Waals surface area contributed by atoms with Gasteiger partial charge in [0.15, 0.2) is 0 Å². The quantitative estimate of drug-likeness (QED) is 0.102. The van der Waals surface area contributed by atoms with Crippen LogP contribution in [0.5, 0.6) is 0 Å². The van der Waals surface area contributed by atoms with E-state index in [0.29, 0.717) is 6.54 Å². The maximum absolute atomic E-state index is 14.5. The van der Waals surface area contributed by atoms with Crippen molar-refractivity contribution in [3.05, 3.63) is 192 Å². The largest absolute Gasteiger partial charge is 0.335 e. The first-order valence-corrected chi connectivity index (χ1v) is 21.2. The number of thioether (sulfide) groups is 1. The smallest absolute Gasteiger partial charge is 0.269 e. The van der Waals surface area contributed by atoms with Crippen molar-refractivity contribution >= 4 is 63.9 Å². The topological polar surface area (TPSA) is 29.1 Å². The van der Waals surface area contributed by atoms with Gasteiger partial charge in [0.2, 0.25) is 5.69 Å². The van der Waals surface area contributed by atoms with Crippen molar-refractivity contribution < 1.29 is 4.57 Å². The Bertz CT molecular complexity index is 2690. The standard InChI is InChI=1S/C48H42N3OS3/c1-4-49-40-30-29-35(28-27-34-19-11-7-12-20-34)31-41(40)53-42(49)32-39(36-21-13-8-14-22-36)47-48(52)51(6-3)44(55-47)33-43-50(5-2)45(37-23-15-9-16-24-37)46(54-43)38-25-17-10-18-26-38/h7-33H,4-6H2,1-3H3/q+1/b28-27+,42-32-,47-39-. The molecule has 7 aromatic rings. The molecule has 272 valence electrons. The molecule has 0 unspecified atom stereocenters. The van der Waals surface area contributed by atoms with Crippen LogP contribution in [0, 0.1) is 0 Å². The van der Waals surface area contributed by atoms with Gasteiger partial charge in [0, 0.05) is 29.1 Å². The summed E-state index contributed by atoms with van der Waals surface area (Å²) in [6.07, 6.45) is 8.79. The van der Waals surface area contributed by atoms with Crippen molar-refractivity contribution in [1.29, 1.82) is 0 Å². The number of nitrogens with zero attached hydrogens (tertiary/aromatic N) is 3. The number of rotatable bonds is 10. The average molecular weight is 773 g/mol. The molecule has 0 N–H and O–H groups in total. The highest BCUT2D eigenvalue weighted by atomic mass is 32.2. The van der Waals surface area contributed by atoms with Crippen molar-refractivity contribution in [2.45, 2.75) is 38.8 Å². The third kappa shape index (κ3) is 7.48. The van der Waals surface area contributed by atoms with Crippen molar-refractivity contribution in [3.63, 3.8) is 0 Å².